The zero-order chi connectivity index (χ0) is 20.6. The molecule has 3 aromatic rings. The molecule has 0 aliphatic carbocycles. The Kier molecular flexibility index (Phi) is 8.35. The number of carbonyl (C=O) groups excluding carboxylic acids is 1. The average Bonchev–Trinajstić information content (AvgIpc) is 3.24. The van der Waals surface area contributed by atoms with E-state index in [4.69, 9.17) is 9.84 Å². The Hall–Kier alpha value is -3.00. The van der Waals surface area contributed by atoms with E-state index in [0.717, 1.165) is 55.4 Å². The Morgan fingerprint density at radius 2 is 1.94 bits per heavy atom. The Morgan fingerprint density at radius 3 is 2.68 bits per heavy atom. The lowest BCUT2D eigenvalue weighted by Gasteiger charge is -2.26. The van der Waals surface area contributed by atoms with E-state index >= 15 is 0 Å². The molecule has 162 valence electrons. The van der Waals surface area contributed by atoms with Gasteiger partial charge < -0.3 is 10.1 Å². The first kappa shape index (κ1) is 22.7. The van der Waals surface area contributed by atoms with E-state index in [9.17, 15) is 4.79 Å². The van der Waals surface area contributed by atoms with Crippen LogP contribution in [0.2, 0.25) is 0 Å². The number of aromatic nitrogens is 3. The van der Waals surface area contributed by atoms with E-state index in [1.54, 1.807) is 24.5 Å². The van der Waals surface area contributed by atoms with Gasteiger partial charge >= 0.3 is 0 Å². The summed E-state index contributed by atoms with van der Waals surface area (Å²) in [4.78, 5) is 18.8. The normalized spacial score (nSPS) is 14.3. The smallest absolute Gasteiger partial charge is 0.244 e. The molecule has 1 aromatic carbocycles. The minimum absolute atomic E-state index is 0. The number of rotatable bonds is 7. The van der Waals surface area contributed by atoms with Crippen LogP contribution in [0.1, 0.15) is 5.56 Å². The Labute approximate surface area is 188 Å². The van der Waals surface area contributed by atoms with Gasteiger partial charge in [0.15, 0.2) is 0 Å². The Bertz CT molecular complexity index is 986. The lowest BCUT2D eigenvalue weighted by molar-refractivity contribution is -0.116. The number of nitrogens with one attached hydrogen (secondary N) is 1. The third kappa shape index (κ3) is 6.24. The number of carbonyl (C=O) groups is 1. The van der Waals surface area contributed by atoms with E-state index in [2.05, 4.69) is 15.2 Å². The molecular formula is C23H26ClN5O2. The van der Waals surface area contributed by atoms with E-state index in [1.807, 2.05) is 53.3 Å². The van der Waals surface area contributed by atoms with Crippen LogP contribution >= 0.6 is 12.4 Å². The molecule has 31 heavy (non-hydrogen) atoms. The van der Waals surface area contributed by atoms with Crippen LogP contribution in [0.15, 0.2) is 67.1 Å². The van der Waals surface area contributed by atoms with Gasteiger partial charge in [-0.3, -0.25) is 14.7 Å². The van der Waals surface area contributed by atoms with Crippen LogP contribution in [0, 0.1) is 0 Å². The molecule has 0 unspecified atom stereocenters. The van der Waals surface area contributed by atoms with Gasteiger partial charge in [-0.15, -0.1) is 12.4 Å². The van der Waals surface area contributed by atoms with Crippen LogP contribution in [0.4, 0.5) is 0 Å². The third-order valence-electron chi connectivity index (χ3n) is 4.94. The van der Waals surface area contributed by atoms with Gasteiger partial charge in [0.2, 0.25) is 5.91 Å². The van der Waals surface area contributed by atoms with Crippen LogP contribution in [0.5, 0.6) is 0 Å². The predicted molar refractivity (Wildman–Crippen MR) is 123 cm³/mol. The Morgan fingerprint density at radius 1 is 1.13 bits per heavy atom. The van der Waals surface area contributed by atoms with Gasteiger partial charge in [-0.05, 0) is 30.3 Å². The molecule has 7 nitrogen and oxygen atoms in total. The van der Waals surface area contributed by atoms with Crippen molar-refractivity contribution < 1.29 is 9.53 Å². The number of nitrogens with zero attached hydrogens (tertiary/aromatic N) is 4. The fraction of sp³-hybridized carbons (Fsp3) is 0.261. The molecule has 8 heteroatoms. The van der Waals surface area contributed by atoms with Gasteiger partial charge in [-0.25, -0.2) is 4.68 Å². The van der Waals surface area contributed by atoms with Crippen LogP contribution < -0.4 is 5.32 Å². The summed E-state index contributed by atoms with van der Waals surface area (Å²) in [6.45, 7) is 4.79. The average molecular weight is 440 g/mol. The second-order valence-corrected chi connectivity index (χ2v) is 7.03. The highest BCUT2D eigenvalue weighted by atomic mass is 35.5. The molecule has 0 saturated carbocycles. The minimum Gasteiger partial charge on any atom is -0.379 e. The summed E-state index contributed by atoms with van der Waals surface area (Å²) >= 11 is 0. The minimum atomic E-state index is -0.118. The van der Waals surface area contributed by atoms with Gasteiger partial charge in [0.1, 0.15) is 5.69 Å². The summed E-state index contributed by atoms with van der Waals surface area (Å²) in [5.41, 5.74) is 3.50. The van der Waals surface area contributed by atoms with Gasteiger partial charge in [-0.2, -0.15) is 5.10 Å². The molecular weight excluding hydrogens is 414 g/mol. The predicted octanol–water partition coefficient (Wildman–Crippen LogP) is 2.82. The van der Waals surface area contributed by atoms with Gasteiger partial charge in [-0.1, -0.05) is 18.2 Å². The molecule has 2 aromatic heterocycles. The molecule has 0 spiro atoms. The van der Waals surface area contributed by atoms with Crippen LogP contribution in [-0.4, -0.2) is 65.0 Å². The number of hydrogen-bond acceptors (Lipinski definition) is 5. The van der Waals surface area contributed by atoms with Crippen molar-refractivity contribution in [2.24, 2.45) is 0 Å². The number of halogens is 1. The summed E-state index contributed by atoms with van der Waals surface area (Å²) in [5.74, 6) is -0.118. The SMILES string of the molecule is Cl.O=C(/C=C/c1cn(-c2ccccc2)nc1-c1cccnc1)NCCN1CCOCC1. The lowest BCUT2D eigenvalue weighted by atomic mass is 10.1. The standard InChI is InChI=1S/C23H25N5O2.ClH/c29-22(25-11-12-27-13-15-30-16-14-27)9-8-20-18-28(21-6-2-1-3-7-21)26-23(20)19-5-4-10-24-17-19;/h1-10,17-18H,11-16H2,(H,25,29);1H/b9-8+;. The molecule has 3 heterocycles. The number of amides is 1. The Balaban J connectivity index is 0.00000272. The zero-order valence-electron chi connectivity index (χ0n) is 17.2. The second kappa shape index (κ2) is 11.4. The molecule has 0 bridgehead atoms. The molecule has 0 radical (unpaired) electrons. The van der Waals surface area contributed by atoms with E-state index < -0.39 is 0 Å². The van der Waals surface area contributed by atoms with Crippen molar-refractivity contribution in [1.82, 2.24) is 25.0 Å². The largest absolute Gasteiger partial charge is 0.379 e. The highest BCUT2D eigenvalue weighted by molar-refractivity contribution is 5.92. The maximum absolute atomic E-state index is 12.3. The molecule has 1 amide bonds. The number of morpholine rings is 1. The van der Waals surface area contributed by atoms with Crippen molar-refractivity contribution >= 4 is 24.4 Å². The second-order valence-electron chi connectivity index (χ2n) is 7.03. The topological polar surface area (TPSA) is 72.3 Å². The van der Waals surface area contributed by atoms with Crippen LogP contribution in [-0.2, 0) is 9.53 Å². The van der Waals surface area contributed by atoms with E-state index in [0.29, 0.717) is 6.54 Å². The van der Waals surface area contributed by atoms with Gasteiger partial charge in [0, 0.05) is 62.0 Å². The highest BCUT2D eigenvalue weighted by Crippen LogP contribution is 2.24. The summed E-state index contributed by atoms with van der Waals surface area (Å²) in [6.07, 6.45) is 8.80. The summed E-state index contributed by atoms with van der Waals surface area (Å²) in [6, 6.07) is 13.7. The van der Waals surface area contributed by atoms with Crippen molar-refractivity contribution in [3.05, 3.63) is 72.7 Å². The third-order valence-corrected chi connectivity index (χ3v) is 4.94. The number of ether oxygens (including phenoxy) is 1. The summed E-state index contributed by atoms with van der Waals surface area (Å²) in [5, 5.41) is 7.68. The molecule has 1 saturated heterocycles. The first-order valence-corrected chi connectivity index (χ1v) is 10.1. The number of para-hydroxylation sites is 1. The van der Waals surface area contributed by atoms with Crippen LogP contribution in [0.3, 0.4) is 0 Å². The quantitative estimate of drug-likeness (QED) is 0.573. The number of pyridine rings is 1. The molecule has 0 atom stereocenters. The van der Waals surface area contributed by atoms with E-state index in [1.165, 1.54) is 0 Å². The van der Waals surface area contributed by atoms with Crippen molar-refractivity contribution in [3.63, 3.8) is 0 Å². The molecule has 1 aliphatic heterocycles. The van der Waals surface area contributed by atoms with Gasteiger partial charge in [0.05, 0.1) is 18.9 Å². The van der Waals surface area contributed by atoms with E-state index in [-0.39, 0.29) is 18.3 Å². The molecule has 1 fully saturated rings. The fourth-order valence-corrected chi connectivity index (χ4v) is 3.34. The lowest BCUT2D eigenvalue weighted by Crippen LogP contribution is -2.41. The maximum Gasteiger partial charge on any atom is 0.244 e. The van der Waals surface area contributed by atoms with Crippen molar-refractivity contribution in [3.8, 4) is 16.9 Å². The summed E-state index contributed by atoms with van der Waals surface area (Å²) in [7, 11) is 0. The summed E-state index contributed by atoms with van der Waals surface area (Å²) < 4.78 is 7.16. The number of hydrogen-bond donors (Lipinski definition) is 1. The zero-order valence-corrected chi connectivity index (χ0v) is 18.0. The molecule has 1 N–H and O–H groups in total. The molecule has 4 rings (SSSR count). The van der Waals surface area contributed by atoms with Gasteiger partial charge in [0.25, 0.3) is 0 Å². The fourth-order valence-electron chi connectivity index (χ4n) is 3.34. The highest BCUT2D eigenvalue weighted by Gasteiger charge is 2.12. The van der Waals surface area contributed by atoms with Crippen molar-refractivity contribution in [2.75, 3.05) is 39.4 Å². The van der Waals surface area contributed by atoms with Crippen molar-refractivity contribution in [1.29, 1.82) is 0 Å². The first-order chi connectivity index (χ1) is 14.8. The molecule has 1 aliphatic rings. The number of benzene rings is 1. The maximum atomic E-state index is 12.3. The monoisotopic (exact) mass is 439 g/mol. The first-order valence-electron chi connectivity index (χ1n) is 10.1. The van der Waals surface area contributed by atoms with Crippen molar-refractivity contribution in [2.45, 2.75) is 0 Å². The van der Waals surface area contributed by atoms with Crippen LogP contribution in [0.25, 0.3) is 23.0 Å².